The van der Waals surface area contributed by atoms with Crippen molar-refractivity contribution in [3.05, 3.63) is 60.4 Å². The van der Waals surface area contributed by atoms with Crippen LogP contribution < -0.4 is 5.32 Å². The smallest absolute Gasteiger partial charge is 0.337 e. The lowest BCUT2D eigenvalue weighted by atomic mass is 10.1. The van der Waals surface area contributed by atoms with Gasteiger partial charge in [-0.1, -0.05) is 12.8 Å². The van der Waals surface area contributed by atoms with Crippen LogP contribution in [-0.4, -0.2) is 48.0 Å². The highest BCUT2D eigenvalue weighted by Gasteiger charge is 2.32. The van der Waals surface area contributed by atoms with E-state index in [1.54, 1.807) is 18.5 Å². The number of anilines is 2. The van der Waals surface area contributed by atoms with Gasteiger partial charge < -0.3 is 19.4 Å². The van der Waals surface area contributed by atoms with Crippen molar-refractivity contribution in [1.82, 2.24) is 29.0 Å². The molecular weight excluding hydrogens is 483 g/mol. The molecule has 6 rings (SSSR count). The predicted molar refractivity (Wildman–Crippen MR) is 132 cm³/mol. The van der Waals surface area contributed by atoms with Crippen molar-refractivity contribution < 1.29 is 18.0 Å². The van der Waals surface area contributed by atoms with Crippen molar-refractivity contribution in [1.29, 1.82) is 0 Å². The summed E-state index contributed by atoms with van der Waals surface area (Å²) in [7, 11) is 0. The highest BCUT2D eigenvalue weighted by molar-refractivity contribution is 5.98. The number of amides is 1. The van der Waals surface area contributed by atoms with Crippen LogP contribution in [-0.2, 0) is 6.18 Å². The summed E-state index contributed by atoms with van der Waals surface area (Å²) in [5.74, 6) is 0.167. The predicted octanol–water partition coefficient (Wildman–Crippen LogP) is 5.73. The molecule has 0 spiro atoms. The molecular formula is C26H26F3N7O. The number of likely N-dealkylation sites (tertiary alicyclic amines) is 1. The maximum atomic E-state index is 13.6. The molecule has 0 radical (unpaired) electrons. The van der Waals surface area contributed by atoms with Gasteiger partial charge in [-0.05, 0) is 49.9 Å². The van der Waals surface area contributed by atoms with Crippen molar-refractivity contribution in [2.75, 3.05) is 18.4 Å². The average Bonchev–Trinajstić information content (AvgIpc) is 3.68. The molecule has 4 aromatic rings. The molecule has 1 N–H and O–H groups in total. The Balaban J connectivity index is 1.40. The minimum atomic E-state index is -4.53. The fraction of sp³-hybridized carbons (Fsp3) is 0.385. The normalized spacial score (nSPS) is 16.7. The van der Waals surface area contributed by atoms with E-state index in [1.807, 2.05) is 15.5 Å². The first-order valence-corrected chi connectivity index (χ1v) is 12.5. The molecule has 1 aliphatic heterocycles. The van der Waals surface area contributed by atoms with Crippen molar-refractivity contribution in [3.63, 3.8) is 0 Å². The van der Waals surface area contributed by atoms with E-state index in [2.05, 4.69) is 15.3 Å². The zero-order valence-electron chi connectivity index (χ0n) is 20.1. The molecule has 11 heteroatoms. The Labute approximate surface area is 211 Å². The molecule has 2 fully saturated rings. The van der Waals surface area contributed by atoms with Gasteiger partial charge in [0.25, 0.3) is 5.91 Å². The average molecular weight is 510 g/mol. The number of carbonyl (C=O) groups excluding carboxylic acids is 1. The lowest BCUT2D eigenvalue weighted by Crippen LogP contribution is -2.30. The molecule has 192 valence electrons. The topological polar surface area (TPSA) is 80.9 Å². The Hall–Kier alpha value is -3.89. The third-order valence-electron chi connectivity index (χ3n) is 7.18. The van der Waals surface area contributed by atoms with Crippen LogP contribution in [0.25, 0.3) is 16.7 Å². The van der Waals surface area contributed by atoms with E-state index < -0.39 is 11.7 Å². The number of alkyl halides is 3. The molecule has 1 aliphatic carbocycles. The summed E-state index contributed by atoms with van der Waals surface area (Å²) in [4.78, 5) is 28.3. The summed E-state index contributed by atoms with van der Waals surface area (Å²) in [5, 5.41) is 3.70. The zero-order chi connectivity index (χ0) is 25.6. The maximum Gasteiger partial charge on any atom is 0.416 e. The molecule has 4 heterocycles. The summed E-state index contributed by atoms with van der Waals surface area (Å²) >= 11 is 0. The molecule has 8 nitrogen and oxygen atoms in total. The molecule has 37 heavy (non-hydrogen) atoms. The van der Waals surface area contributed by atoms with E-state index >= 15 is 0 Å². The molecule has 0 bridgehead atoms. The third-order valence-corrected chi connectivity index (χ3v) is 7.18. The number of fused-ring (bicyclic) bond motifs is 1. The second-order valence-electron chi connectivity index (χ2n) is 9.67. The van der Waals surface area contributed by atoms with Gasteiger partial charge >= 0.3 is 6.18 Å². The number of aromatic nitrogens is 5. The highest BCUT2D eigenvalue weighted by atomic mass is 19.4. The van der Waals surface area contributed by atoms with E-state index in [1.165, 1.54) is 17.1 Å². The van der Waals surface area contributed by atoms with E-state index in [0.29, 0.717) is 17.0 Å². The number of rotatable bonds is 5. The van der Waals surface area contributed by atoms with Crippen molar-refractivity contribution in [3.8, 4) is 5.69 Å². The second-order valence-corrected chi connectivity index (χ2v) is 9.67. The molecule has 2 aliphatic rings. The Morgan fingerprint density at radius 3 is 2.51 bits per heavy atom. The van der Waals surface area contributed by atoms with E-state index in [0.717, 1.165) is 69.1 Å². The van der Waals surface area contributed by atoms with Gasteiger partial charge in [0.1, 0.15) is 11.3 Å². The van der Waals surface area contributed by atoms with E-state index in [4.69, 9.17) is 4.98 Å². The molecule has 1 aromatic carbocycles. The molecule has 1 saturated carbocycles. The fourth-order valence-corrected chi connectivity index (χ4v) is 5.38. The van der Waals surface area contributed by atoms with Crippen LogP contribution in [0.4, 0.5) is 24.8 Å². The molecule has 0 atom stereocenters. The monoisotopic (exact) mass is 509 g/mol. The SMILES string of the molecule is O=C(c1cc2cnc(Nc3cc(-n4ccnc4)cc(C(F)(F)F)c3)nc2n1C1CCCC1)N1CCCC1. The maximum absolute atomic E-state index is 13.6. The molecule has 3 aromatic heterocycles. The van der Waals surface area contributed by atoms with Crippen LogP contribution in [0.3, 0.4) is 0 Å². The van der Waals surface area contributed by atoms with E-state index in [9.17, 15) is 18.0 Å². The summed E-state index contributed by atoms with van der Waals surface area (Å²) in [6.07, 6.45) is 7.70. The van der Waals surface area contributed by atoms with Crippen molar-refractivity contribution in [2.45, 2.75) is 50.7 Å². The molecule has 1 saturated heterocycles. The number of nitrogens with one attached hydrogen (secondary N) is 1. The minimum absolute atomic E-state index is 0.000221. The largest absolute Gasteiger partial charge is 0.416 e. The first kappa shape index (κ1) is 23.5. The van der Waals surface area contributed by atoms with Gasteiger partial charge in [0.2, 0.25) is 5.95 Å². The Morgan fingerprint density at radius 2 is 1.81 bits per heavy atom. The third kappa shape index (κ3) is 4.54. The number of carbonyl (C=O) groups is 1. The summed E-state index contributed by atoms with van der Waals surface area (Å²) in [5.41, 5.74) is 0.939. The number of hydrogen-bond acceptors (Lipinski definition) is 5. The van der Waals surface area contributed by atoms with Crippen molar-refractivity contribution >= 4 is 28.6 Å². The minimum Gasteiger partial charge on any atom is -0.337 e. The van der Waals surface area contributed by atoms with Crippen LogP contribution in [0.5, 0.6) is 0 Å². The Kier molecular flexibility index (Phi) is 5.85. The van der Waals surface area contributed by atoms with Gasteiger partial charge in [-0.15, -0.1) is 0 Å². The number of imidazole rings is 1. The zero-order valence-corrected chi connectivity index (χ0v) is 20.1. The quantitative estimate of drug-likeness (QED) is 0.372. The van der Waals surface area contributed by atoms with Gasteiger partial charge in [-0.3, -0.25) is 4.79 Å². The number of hydrogen-bond donors (Lipinski definition) is 1. The fourth-order valence-electron chi connectivity index (χ4n) is 5.38. The van der Waals surface area contributed by atoms with Gasteiger partial charge in [0.15, 0.2) is 0 Å². The van der Waals surface area contributed by atoms with Crippen LogP contribution in [0.1, 0.15) is 60.6 Å². The van der Waals surface area contributed by atoms with Crippen LogP contribution in [0.2, 0.25) is 0 Å². The second kappa shape index (κ2) is 9.20. The lowest BCUT2D eigenvalue weighted by molar-refractivity contribution is -0.137. The summed E-state index contributed by atoms with van der Waals surface area (Å²) in [6, 6.07) is 5.69. The van der Waals surface area contributed by atoms with Crippen molar-refractivity contribution in [2.24, 2.45) is 0 Å². The summed E-state index contributed by atoms with van der Waals surface area (Å²) in [6.45, 7) is 1.50. The highest BCUT2D eigenvalue weighted by Crippen LogP contribution is 2.36. The number of nitrogens with zero attached hydrogens (tertiary/aromatic N) is 6. The Bertz CT molecular complexity index is 1430. The van der Waals surface area contributed by atoms with Gasteiger partial charge in [0.05, 0.1) is 11.9 Å². The van der Waals surface area contributed by atoms with Gasteiger partial charge in [-0.2, -0.15) is 18.2 Å². The standard InChI is InChI=1S/C26H26F3N7O/c27-26(28,29)18-12-19(14-21(13-18)35-10-7-30-16-35)32-25-31-15-17-11-22(24(37)34-8-3-4-9-34)36(23(17)33-25)20-5-1-2-6-20/h7,10-16,20H,1-6,8-9H2,(H,31,32,33). The summed E-state index contributed by atoms with van der Waals surface area (Å²) < 4.78 is 44.5. The van der Waals surface area contributed by atoms with Crippen LogP contribution in [0, 0.1) is 0 Å². The Morgan fingerprint density at radius 1 is 1.03 bits per heavy atom. The first-order valence-electron chi connectivity index (χ1n) is 12.5. The van der Waals surface area contributed by atoms with Crippen LogP contribution >= 0.6 is 0 Å². The number of benzene rings is 1. The van der Waals surface area contributed by atoms with Gasteiger partial charge in [-0.25, -0.2) is 9.97 Å². The molecule has 0 unspecified atom stereocenters. The number of halogens is 3. The van der Waals surface area contributed by atoms with E-state index in [-0.39, 0.29) is 23.6 Å². The molecule has 1 amide bonds. The lowest BCUT2D eigenvalue weighted by Gasteiger charge is -2.20. The first-order chi connectivity index (χ1) is 17.9. The van der Waals surface area contributed by atoms with Gasteiger partial charge in [0, 0.05) is 54.5 Å². The van der Waals surface area contributed by atoms with Crippen LogP contribution in [0.15, 0.2) is 49.2 Å².